The van der Waals surface area contributed by atoms with Crippen LogP contribution in [-0.4, -0.2) is 47.4 Å². The monoisotopic (exact) mass is 1210 g/mol. The van der Waals surface area contributed by atoms with Crippen LogP contribution in [0.1, 0.15) is 438 Å². The maximum Gasteiger partial charge on any atom is 0.305 e. The Kier molecular flexibility index (Phi) is 73.9. The summed E-state index contributed by atoms with van der Waals surface area (Å²) in [5, 5.41) is 23.3. The predicted molar refractivity (Wildman–Crippen MR) is 379 cm³/mol. The van der Waals surface area contributed by atoms with Gasteiger partial charge in [0.05, 0.1) is 25.4 Å². The minimum absolute atomic E-state index is 0.0186. The molecule has 6 heteroatoms. The number of hydrogen-bond donors (Lipinski definition) is 3. The van der Waals surface area contributed by atoms with Gasteiger partial charge in [-0.15, -0.1) is 0 Å². The molecule has 0 aliphatic rings. The molecule has 0 aromatic carbocycles. The summed E-state index contributed by atoms with van der Waals surface area (Å²) in [4.78, 5) is 24.6. The number of esters is 1. The number of amides is 1. The molecule has 0 aliphatic heterocycles. The second-order valence-corrected chi connectivity index (χ2v) is 27.0. The molecule has 0 aromatic heterocycles. The molecule has 0 spiro atoms. The van der Waals surface area contributed by atoms with Crippen molar-refractivity contribution in [3.63, 3.8) is 0 Å². The first-order chi connectivity index (χ1) is 42.5. The van der Waals surface area contributed by atoms with Gasteiger partial charge in [0.2, 0.25) is 5.91 Å². The van der Waals surface area contributed by atoms with E-state index < -0.39 is 12.1 Å². The van der Waals surface area contributed by atoms with Crippen molar-refractivity contribution >= 4 is 11.9 Å². The van der Waals surface area contributed by atoms with Crippen molar-refractivity contribution in [2.75, 3.05) is 13.2 Å². The van der Waals surface area contributed by atoms with Crippen LogP contribution in [0, 0.1) is 0 Å². The smallest absolute Gasteiger partial charge is 0.305 e. The zero-order chi connectivity index (χ0) is 62.0. The lowest BCUT2D eigenvalue weighted by atomic mass is 10.0. The number of carbonyl (C=O) groups excluding carboxylic acids is 2. The van der Waals surface area contributed by atoms with Crippen molar-refractivity contribution in [3.05, 3.63) is 36.5 Å². The number of hydrogen-bond acceptors (Lipinski definition) is 5. The highest BCUT2D eigenvalue weighted by atomic mass is 16.5. The van der Waals surface area contributed by atoms with E-state index in [9.17, 15) is 19.8 Å². The molecule has 508 valence electrons. The minimum Gasteiger partial charge on any atom is -0.466 e. The van der Waals surface area contributed by atoms with Crippen LogP contribution < -0.4 is 5.32 Å². The van der Waals surface area contributed by atoms with Gasteiger partial charge in [0, 0.05) is 12.8 Å². The molecule has 0 heterocycles. The third-order valence-electron chi connectivity index (χ3n) is 18.4. The van der Waals surface area contributed by atoms with E-state index >= 15 is 0 Å². The first kappa shape index (κ1) is 84.1. The number of allylic oxidation sites excluding steroid dienone is 5. The molecular formula is C80H153NO5. The number of carbonyl (C=O) groups is 2. The summed E-state index contributed by atoms with van der Waals surface area (Å²) in [7, 11) is 0. The molecule has 2 unspecified atom stereocenters. The van der Waals surface area contributed by atoms with Crippen LogP contribution in [0.15, 0.2) is 36.5 Å². The lowest BCUT2D eigenvalue weighted by molar-refractivity contribution is -0.143. The summed E-state index contributed by atoms with van der Waals surface area (Å²) in [5.74, 6) is -0.0436. The van der Waals surface area contributed by atoms with Crippen molar-refractivity contribution in [3.8, 4) is 0 Å². The number of ether oxygens (including phenoxy) is 1. The van der Waals surface area contributed by atoms with E-state index in [-0.39, 0.29) is 18.5 Å². The Morgan fingerprint density at radius 1 is 0.326 bits per heavy atom. The Labute approximate surface area is 538 Å². The number of aliphatic hydroxyl groups excluding tert-OH is 2. The van der Waals surface area contributed by atoms with Crippen molar-refractivity contribution in [1.82, 2.24) is 5.32 Å². The molecule has 0 fully saturated rings. The molecule has 6 nitrogen and oxygen atoms in total. The van der Waals surface area contributed by atoms with Gasteiger partial charge < -0.3 is 20.3 Å². The third kappa shape index (κ3) is 71.2. The Balaban J connectivity index is 3.39. The zero-order valence-corrected chi connectivity index (χ0v) is 58.3. The van der Waals surface area contributed by atoms with Gasteiger partial charge in [-0.05, 0) is 64.2 Å². The van der Waals surface area contributed by atoms with E-state index in [0.29, 0.717) is 19.4 Å². The summed E-state index contributed by atoms with van der Waals surface area (Å²) < 4.78 is 5.51. The second kappa shape index (κ2) is 75.5. The number of nitrogens with one attached hydrogen (secondary N) is 1. The molecule has 0 radical (unpaired) electrons. The molecule has 0 aromatic rings. The molecule has 0 saturated carbocycles. The fourth-order valence-electron chi connectivity index (χ4n) is 12.4. The highest BCUT2D eigenvalue weighted by molar-refractivity contribution is 5.76. The van der Waals surface area contributed by atoms with Crippen LogP contribution in [0.3, 0.4) is 0 Å². The maximum atomic E-state index is 12.5. The molecule has 0 bridgehead atoms. The van der Waals surface area contributed by atoms with E-state index in [1.165, 1.54) is 366 Å². The first-order valence-corrected chi connectivity index (χ1v) is 39.3. The van der Waals surface area contributed by atoms with Crippen molar-refractivity contribution < 1.29 is 24.5 Å². The summed E-state index contributed by atoms with van der Waals surface area (Å²) >= 11 is 0. The van der Waals surface area contributed by atoms with Gasteiger partial charge >= 0.3 is 5.97 Å². The summed E-state index contributed by atoms with van der Waals surface area (Å²) in [5.41, 5.74) is 0. The topological polar surface area (TPSA) is 95.9 Å². The van der Waals surface area contributed by atoms with Gasteiger partial charge in [-0.2, -0.15) is 0 Å². The predicted octanol–water partition coefficient (Wildman–Crippen LogP) is 25.8. The molecule has 0 rings (SSSR count). The van der Waals surface area contributed by atoms with Gasteiger partial charge in [-0.3, -0.25) is 9.59 Å². The van der Waals surface area contributed by atoms with Crippen LogP contribution >= 0.6 is 0 Å². The average molecular weight is 1210 g/mol. The van der Waals surface area contributed by atoms with Crippen molar-refractivity contribution in [2.24, 2.45) is 0 Å². The average Bonchev–Trinajstić information content (AvgIpc) is 3.57. The molecule has 2 atom stereocenters. The zero-order valence-electron chi connectivity index (χ0n) is 58.3. The fourth-order valence-corrected chi connectivity index (χ4v) is 12.4. The van der Waals surface area contributed by atoms with E-state index in [4.69, 9.17) is 4.74 Å². The van der Waals surface area contributed by atoms with Crippen LogP contribution in [0.5, 0.6) is 0 Å². The summed E-state index contributed by atoms with van der Waals surface area (Å²) in [6.07, 6.45) is 98.3. The Bertz CT molecular complexity index is 1390. The van der Waals surface area contributed by atoms with E-state index in [1.54, 1.807) is 6.08 Å². The fraction of sp³-hybridized carbons (Fsp3) is 0.900. The molecular weight excluding hydrogens is 1050 g/mol. The highest BCUT2D eigenvalue weighted by Gasteiger charge is 2.18. The van der Waals surface area contributed by atoms with Gasteiger partial charge in [-0.25, -0.2) is 0 Å². The maximum absolute atomic E-state index is 12.5. The lowest BCUT2D eigenvalue weighted by Crippen LogP contribution is -2.45. The Hall–Kier alpha value is -1.92. The first-order valence-electron chi connectivity index (χ1n) is 39.3. The van der Waals surface area contributed by atoms with Crippen LogP contribution in [-0.2, 0) is 14.3 Å². The van der Waals surface area contributed by atoms with Gasteiger partial charge in [-0.1, -0.05) is 397 Å². The van der Waals surface area contributed by atoms with Crippen LogP contribution in [0.25, 0.3) is 0 Å². The van der Waals surface area contributed by atoms with Crippen molar-refractivity contribution in [1.29, 1.82) is 0 Å². The van der Waals surface area contributed by atoms with Gasteiger partial charge in [0.15, 0.2) is 0 Å². The number of aliphatic hydroxyl groups is 2. The normalized spacial score (nSPS) is 12.7. The van der Waals surface area contributed by atoms with E-state index in [2.05, 4.69) is 43.5 Å². The SMILES string of the molecule is CCCCCCCCCCCCCCCCCCC/C=C/C(O)C(CO)NC(=O)CCCCCCCCCCCCCCCCCCC/C=C\C/C=C\CCCCCCCCCCCOC(=O)CCCCCCCCCCCCCCCCCCC. The quantitative estimate of drug-likeness (QED) is 0.0320. The molecule has 3 N–H and O–H groups in total. The van der Waals surface area contributed by atoms with Gasteiger partial charge in [0.25, 0.3) is 0 Å². The van der Waals surface area contributed by atoms with Crippen LogP contribution in [0.4, 0.5) is 0 Å². The largest absolute Gasteiger partial charge is 0.466 e. The molecule has 86 heavy (non-hydrogen) atoms. The van der Waals surface area contributed by atoms with Gasteiger partial charge in [0.1, 0.15) is 0 Å². The summed E-state index contributed by atoms with van der Waals surface area (Å²) in [6, 6.07) is -0.627. The number of rotatable bonds is 74. The molecule has 0 saturated heterocycles. The lowest BCUT2D eigenvalue weighted by Gasteiger charge is -2.20. The van der Waals surface area contributed by atoms with Crippen molar-refractivity contribution in [2.45, 2.75) is 450 Å². The Morgan fingerprint density at radius 2 is 0.581 bits per heavy atom. The minimum atomic E-state index is -0.844. The van der Waals surface area contributed by atoms with E-state index in [0.717, 1.165) is 44.9 Å². The molecule has 1 amide bonds. The standard InChI is InChI=1S/C80H153NO5/c1-3-5-7-9-11-13-15-17-19-21-37-41-44-48-52-56-60-64-68-72-78(83)77(76-82)81-79(84)73-69-65-61-57-53-49-45-42-38-35-33-31-29-27-25-23-22-24-26-28-30-32-34-36-39-43-47-51-55-59-63-67-71-75-86-80(85)74-70-66-62-58-54-50-46-40-20-18-16-14-12-10-8-6-4-2/h26,28,32,34,68,72,77-78,82-83H,3-25,27,29-31,33,35-67,69-71,73-76H2,1-2H3,(H,81,84)/b28-26-,34-32-,72-68+. The molecule has 0 aliphatic carbocycles. The van der Waals surface area contributed by atoms with E-state index in [1.807, 2.05) is 6.08 Å². The number of unbranched alkanes of at least 4 members (excludes halogenated alkanes) is 59. The highest BCUT2D eigenvalue weighted by Crippen LogP contribution is 2.19. The third-order valence-corrected chi connectivity index (χ3v) is 18.4. The Morgan fingerprint density at radius 3 is 0.884 bits per heavy atom. The second-order valence-electron chi connectivity index (χ2n) is 27.0. The summed E-state index contributed by atoms with van der Waals surface area (Å²) in [6.45, 7) is 4.95. The van der Waals surface area contributed by atoms with Crippen LogP contribution in [0.2, 0.25) is 0 Å².